The summed E-state index contributed by atoms with van der Waals surface area (Å²) in [5, 5.41) is 7.72. The zero-order valence-corrected chi connectivity index (χ0v) is 18.1. The molecule has 3 aromatic carbocycles. The SMILES string of the molecule is C=O.CCC(=O)O.Fc1ccc(N2CC[C@H]2c2ccc(OCc3ccccc3)cc2)cc1. The van der Waals surface area contributed by atoms with E-state index in [1.165, 1.54) is 17.7 Å². The summed E-state index contributed by atoms with van der Waals surface area (Å²) >= 11 is 0. The zero-order chi connectivity index (χ0) is 23.3. The number of anilines is 1. The van der Waals surface area contributed by atoms with Gasteiger partial charge < -0.3 is 19.5 Å². The number of carbonyl (C=O) groups excluding carboxylic acids is 1. The molecule has 4 rings (SSSR count). The van der Waals surface area contributed by atoms with E-state index in [9.17, 15) is 9.18 Å². The summed E-state index contributed by atoms with van der Waals surface area (Å²) in [6.45, 7) is 5.18. The van der Waals surface area contributed by atoms with Gasteiger partial charge in [0.2, 0.25) is 0 Å². The number of carboxylic acid groups (broad SMARTS) is 1. The number of carboxylic acids is 1. The number of carbonyl (C=O) groups is 2. The molecule has 168 valence electrons. The Morgan fingerprint density at radius 3 is 2.12 bits per heavy atom. The van der Waals surface area contributed by atoms with E-state index < -0.39 is 5.97 Å². The third-order valence-corrected chi connectivity index (χ3v) is 4.99. The van der Waals surface area contributed by atoms with Gasteiger partial charge in [-0.2, -0.15) is 0 Å². The van der Waals surface area contributed by atoms with Gasteiger partial charge >= 0.3 is 5.97 Å². The normalized spacial score (nSPS) is 14.1. The Balaban J connectivity index is 0.000000460. The summed E-state index contributed by atoms with van der Waals surface area (Å²) in [6, 6.07) is 25.5. The lowest BCUT2D eigenvalue weighted by Crippen LogP contribution is -2.40. The van der Waals surface area contributed by atoms with Crippen LogP contribution in [0.5, 0.6) is 5.75 Å². The topological polar surface area (TPSA) is 66.8 Å². The molecular formula is C26H28FNO4. The molecule has 1 N–H and O–H groups in total. The molecule has 0 radical (unpaired) electrons. The molecule has 1 saturated heterocycles. The highest BCUT2D eigenvalue weighted by atomic mass is 19.1. The van der Waals surface area contributed by atoms with Crippen LogP contribution in [0.15, 0.2) is 78.9 Å². The number of nitrogens with zero attached hydrogens (tertiary/aromatic N) is 1. The van der Waals surface area contributed by atoms with Gasteiger partial charge in [0.05, 0.1) is 6.04 Å². The Kier molecular flexibility index (Phi) is 9.91. The van der Waals surface area contributed by atoms with Crippen molar-refractivity contribution in [2.24, 2.45) is 0 Å². The quantitative estimate of drug-likeness (QED) is 0.540. The fourth-order valence-corrected chi connectivity index (χ4v) is 3.20. The van der Waals surface area contributed by atoms with Crippen molar-refractivity contribution < 1.29 is 23.8 Å². The molecule has 0 aliphatic carbocycles. The molecule has 0 aromatic heterocycles. The first kappa shape index (κ1) is 24.6. The fourth-order valence-electron chi connectivity index (χ4n) is 3.20. The van der Waals surface area contributed by atoms with Gasteiger partial charge in [0.25, 0.3) is 0 Å². The van der Waals surface area contributed by atoms with E-state index in [1.807, 2.05) is 49.3 Å². The minimum atomic E-state index is -0.745. The Morgan fingerprint density at radius 2 is 1.62 bits per heavy atom. The zero-order valence-electron chi connectivity index (χ0n) is 18.1. The van der Waals surface area contributed by atoms with Gasteiger partial charge in [0.15, 0.2) is 0 Å². The Labute approximate surface area is 188 Å². The van der Waals surface area contributed by atoms with Crippen LogP contribution in [-0.4, -0.2) is 24.4 Å². The smallest absolute Gasteiger partial charge is 0.303 e. The molecule has 0 unspecified atom stereocenters. The van der Waals surface area contributed by atoms with Crippen molar-refractivity contribution in [3.05, 3.63) is 95.8 Å². The number of hydrogen-bond donors (Lipinski definition) is 1. The molecule has 5 nitrogen and oxygen atoms in total. The summed E-state index contributed by atoms with van der Waals surface area (Å²) in [5.74, 6) is -0.0639. The van der Waals surface area contributed by atoms with Gasteiger partial charge in [-0.15, -0.1) is 0 Å². The van der Waals surface area contributed by atoms with E-state index in [0.29, 0.717) is 12.6 Å². The number of benzene rings is 3. The van der Waals surface area contributed by atoms with Gasteiger partial charge in [-0.1, -0.05) is 49.4 Å². The summed E-state index contributed by atoms with van der Waals surface area (Å²) in [5.41, 5.74) is 3.50. The lowest BCUT2D eigenvalue weighted by Gasteiger charge is -2.43. The second-order valence-electron chi connectivity index (χ2n) is 7.06. The van der Waals surface area contributed by atoms with Gasteiger partial charge in [-0.25, -0.2) is 4.39 Å². The molecule has 0 bridgehead atoms. The molecule has 1 atom stereocenters. The monoisotopic (exact) mass is 437 g/mol. The van der Waals surface area contributed by atoms with Gasteiger partial charge in [0, 0.05) is 18.7 Å². The first-order chi connectivity index (χ1) is 15.6. The van der Waals surface area contributed by atoms with Crippen LogP contribution in [0.1, 0.15) is 36.9 Å². The Morgan fingerprint density at radius 1 is 1.03 bits per heavy atom. The average molecular weight is 438 g/mol. The molecule has 3 aromatic rings. The van der Waals surface area contributed by atoms with Gasteiger partial charge in [-0.05, 0) is 53.9 Å². The predicted octanol–water partition coefficient (Wildman–Crippen LogP) is 5.65. The maximum absolute atomic E-state index is 13.1. The molecule has 0 spiro atoms. The van der Waals surface area contributed by atoms with E-state index in [-0.39, 0.29) is 12.2 Å². The summed E-state index contributed by atoms with van der Waals surface area (Å²) < 4.78 is 18.9. The number of rotatable bonds is 6. The number of ether oxygens (including phenoxy) is 1. The first-order valence-corrected chi connectivity index (χ1v) is 10.4. The van der Waals surface area contributed by atoms with Crippen LogP contribution >= 0.6 is 0 Å². The highest BCUT2D eigenvalue weighted by molar-refractivity contribution is 5.66. The molecule has 0 saturated carbocycles. The van der Waals surface area contributed by atoms with Crippen molar-refractivity contribution in [1.82, 2.24) is 0 Å². The second-order valence-corrected chi connectivity index (χ2v) is 7.06. The highest BCUT2D eigenvalue weighted by Gasteiger charge is 2.29. The number of hydrogen-bond acceptors (Lipinski definition) is 4. The molecule has 1 aliphatic rings. The minimum Gasteiger partial charge on any atom is -0.489 e. The molecule has 1 heterocycles. The lowest BCUT2D eigenvalue weighted by molar-refractivity contribution is -0.136. The fraction of sp³-hybridized carbons (Fsp3) is 0.231. The lowest BCUT2D eigenvalue weighted by atomic mass is 9.94. The average Bonchev–Trinajstić information content (AvgIpc) is 2.82. The van der Waals surface area contributed by atoms with Crippen molar-refractivity contribution in [2.75, 3.05) is 11.4 Å². The van der Waals surface area contributed by atoms with Crippen molar-refractivity contribution in [3.8, 4) is 5.75 Å². The van der Waals surface area contributed by atoms with Crippen LogP contribution in [0, 0.1) is 5.82 Å². The van der Waals surface area contributed by atoms with Crippen LogP contribution in [0.2, 0.25) is 0 Å². The summed E-state index contributed by atoms with van der Waals surface area (Å²) in [7, 11) is 0. The Hall–Kier alpha value is -3.67. The number of halogens is 1. The van der Waals surface area contributed by atoms with Crippen molar-refractivity contribution in [2.45, 2.75) is 32.4 Å². The first-order valence-electron chi connectivity index (χ1n) is 10.4. The maximum atomic E-state index is 13.1. The van der Waals surface area contributed by atoms with E-state index in [0.717, 1.165) is 30.0 Å². The van der Waals surface area contributed by atoms with Crippen LogP contribution in [0.3, 0.4) is 0 Å². The molecular weight excluding hydrogens is 409 g/mol. The standard InChI is InChI=1S/C22H20FNO.C3H6O2.CH2O/c23-19-8-10-20(11-9-19)24-15-14-22(24)18-6-12-21(13-7-18)25-16-17-4-2-1-3-5-17;1-2-3(4)5;1-2/h1-13,22H,14-16H2;2H2,1H3,(H,4,5);1H2/t22-;;/m0../s1. The van der Waals surface area contributed by atoms with Gasteiger partial charge in [-0.3, -0.25) is 4.79 Å². The van der Waals surface area contributed by atoms with E-state index in [4.69, 9.17) is 14.6 Å². The van der Waals surface area contributed by atoms with Crippen LogP contribution < -0.4 is 9.64 Å². The molecule has 0 amide bonds. The summed E-state index contributed by atoms with van der Waals surface area (Å²) in [4.78, 5) is 19.7. The molecule has 6 heteroatoms. The molecule has 1 fully saturated rings. The van der Waals surface area contributed by atoms with Crippen LogP contribution in [0.4, 0.5) is 10.1 Å². The van der Waals surface area contributed by atoms with E-state index >= 15 is 0 Å². The van der Waals surface area contributed by atoms with Gasteiger partial charge in [0.1, 0.15) is 25.0 Å². The molecule has 1 aliphatic heterocycles. The van der Waals surface area contributed by atoms with E-state index in [2.05, 4.69) is 29.2 Å². The second kappa shape index (κ2) is 12.9. The summed E-state index contributed by atoms with van der Waals surface area (Å²) in [6.07, 6.45) is 1.33. The number of aliphatic carboxylic acids is 1. The van der Waals surface area contributed by atoms with E-state index in [1.54, 1.807) is 6.92 Å². The Bertz CT molecular complexity index is 946. The highest BCUT2D eigenvalue weighted by Crippen LogP contribution is 2.38. The van der Waals surface area contributed by atoms with Crippen molar-refractivity contribution in [1.29, 1.82) is 0 Å². The minimum absolute atomic E-state index is 0.194. The van der Waals surface area contributed by atoms with Crippen molar-refractivity contribution >= 4 is 18.4 Å². The third kappa shape index (κ3) is 7.23. The van der Waals surface area contributed by atoms with Crippen molar-refractivity contribution in [3.63, 3.8) is 0 Å². The van der Waals surface area contributed by atoms with Crippen LogP contribution in [0.25, 0.3) is 0 Å². The predicted molar refractivity (Wildman–Crippen MR) is 123 cm³/mol. The largest absolute Gasteiger partial charge is 0.489 e. The third-order valence-electron chi connectivity index (χ3n) is 4.99. The maximum Gasteiger partial charge on any atom is 0.303 e. The molecule has 32 heavy (non-hydrogen) atoms. The van der Waals surface area contributed by atoms with Crippen LogP contribution in [-0.2, 0) is 16.2 Å².